The summed E-state index contributed by atoms with van der Waals surface area (Å²) >= 11 is 5.96. The Balaban J connectivity index is 1.72. The molecule has 2 aromatic carbocycles. The number of hydrogen-bond donors (Lipinski definition) is 0. The van der Waals surface area contributed by atoms with Crippen LogP contribution in [-0.4, -0.2) is 36.3 Å². The SMILES string of the molecule is Clc1ccc(-c2ccc3ncc(N4CCOCC4)nc3c2)cc1. The Hall–Kier alpha value is -2.17. The predicted molar refractivity (Wildman–Crippen MR) is 93.0 cm³/mol. The van der Waals surface area contributed by atoms with Gasteiger partial charge in [0.15, 0.2) is 0 Å². The van der Waals surface area contributed by atoms with Gasteiger partial charge < -0.3 is 9.64 Å². The maximum atomic E-state index is 5.96. The minimum Gasteiger partial charge on any atom is -0.378 e. The lowest BCUT2D eigenvalue weighted by Crippen LogP contribution is -2.36. The summed E-state index contributed by atoms with van der Waals surface area (Å²) in [5, 5.41) is 0.740. The fourth-order valence-corrected chi connectivity index (χ4v) is 2.89. The van der Waals surface area contributed by atoms with E-state index in [0.717, 1.165) is 59.3 Å². The zero-order valence-electron chi connectivity index (χ0n) is 12.6. The number of rotatable bonds is 2. The minimum absolute atomic E-state index is 0.740. The molecule has 0 saturated carbocycles. The minimum atomic E-state index is 0.740. The van der Waals surface area contributed by atoms with Gasteiger partial charge in [0.2, 0.25) is 0 Å². The van der Waals surface area contributed by atoms with Crippen molar-refractivity contribution < 1.29 is 4.74 Å². The number of morpholine rings is 1. The number of ether oxygens (including phenoxy) is 1. The summed E-state index contributed by atoms with van der Waals surface area (Å²) in [4.78, 5) is 11.5. The van der Waals surface area contributed by atoms with Crippen LogP contribution in [0.25, 0.3) is 22.2 Å². The van der Waals surface area contributed by atoms with E-state index in [1.54, 1.807) is 0 Å². The van der Waals surface area contributed by atoms with Crippen LogP contribution < -0.4 is 4.90 Å². The molecule has 0 amide bonds. The summed E-state index contributed by atoms with van der Waals surface area (Å²) < 4.78 is 5.39. The van der Waals surface area contributed by atoms with Gasteiger partial charge in [-0.1, -0.05) is 29.8 Å². The second-order valence-electron chi connectivity index (χ2n) is 5.54. The maximum absolute atomic E-state index is 5.96. The van der Waals surface area contributed by atoms with E-state index in [1.807, 2.05) is 36.5 Å². The van der Waals surface area contributed by atoms with Gasteiger partial charge in [0.1, 0.15) is 5.82 Å². The third kappa shape index (κ3) is 3.00. The van der Waals surface area contributed by atoms with Gasteiger partial charge in [-0.25, -0.2) is 4.98 Å². The normalized spacial score (nSPS) is 15.1. The molecule has 5 heteroatoms. The Kier molecular flexibility index (Phi) is 3.85. The van der Waals surface area contributed by atoms with E-state index in [1.165, 1.54) is 0 Å². The lowest BCUT2D eigenvalue weighted by molar-refractivity contribution is 0.122. The first-order valence-corrected chi connectivity index (χ1v) is 8.03. The van der Waals surface area contributed by atoms with Crippen LogP contribution in [0, 0.1) is 0 Å². The molecular formula is C18H16ClN3O. The monoisotopic (exact) mass is 325 g/mol. The van der Waals surface area contributed by atoms with Crippen LogP contribution in [0.15, 0.2) is 48.7 Å². The molecule has 0 spiro atoms. The summed E-state index contributed by atoms with van der Waals surface area (Å²) in [6.45, 7) is 3.20. The molecule has 116 valence electrons. The Morgan fingerprint density at radius 2 is 1.65 bits per heavy atom. The number of nitrogens with zero attached hydrogens (tertiary/aromatic N) is 3. The van der Waals surface area contributed by atoms with Crippen LogP contribution in [0.2, 0.25) is 5.02 Å². The number of benzene rings is 2. The molecule has 1 aliphatic heterocycles. The van der Waals surface area contributed by atoms with E-state index >= 15 is 0 Å². The smallest absolute Gasteiger partial charge is 0.148 e. The average molecular weight is 326 g/mol. The molecule has 0 radical (unpaired) electrons. The van der Waals surface area contributed by atoms with Crippen molar-refractivity contribution in [3.05, 3.63) is 53.7 Å². The zero-order valence-corrected chi connectivity index (χ0v) is 13.3. The molecular weight excluding hydrogens is 310 g/mol. The van der Waals surface area contributed by atoms with Gasteiger partial charge in [-0.05, 0) is 35.4 Å². The highest BCUT2D eigenvalue weighted by Gasteiger charge is 2.13. The van der Waals surface area contributed by atoms with Crippen molar-refractivity contribution in [1.29, 1.82) is 0 Å². The summed E-state index contributed by atoms with van der Waals surface area (Å²) in [6.07, 6.45) is 1.84. The van der Waals surface area contributed by atoms with Crippen molar-refractivity contribution in [3.63, 3.8) is 0 Å². The standard InChI is InChI=1S/C18H16ClN3O/c19-15-4-1-13(2-5-15)14-3-6-16-17(11-14)21-18(12-20-16)22-7-9-23-10-8-22/h1-6,11-12H,7-10H2. The van der Waals surface area contributed by atoms with E-state index in [9.17, 15) is 0 Å². The molecule has 0 bridgehead atoms. The molecule has 4 rings (SSSR count). The molecule has 1 aromatic heterocycles. The Labute approximate surface area is 139 Å². The number of anilines is 1. The summed E-state index contributed by atoms with van der Waals surface area (Å²) in [7, 11) is 0. The zero-order chi connectivity index (χ0) is 15.6. The fourth-order valence-electron chi connectivity index (χ4n) is 2.77. The van der Waals surface area contributed by atoms with Crippen LogP contribution >= 0.6 is 11.6 Å². The number of hydrogen-bond acceptors (Lipinski definition) is 4. The van der Waals surface area contributed by atoms with Crippen molar-refractivity contribution in [2.24, 2.45) is 0 Å². The lowest BCUT2D eigenvalue weighted by atomic mass is 10.1. The summed E-state index contributed by atoms with van der Waals surface area (Å²) in [6, 6.07) is 14.0. The highest BCUT2D eigenvalue weighted by Crippen LogP contribution is 2.25. The van der Waals surface area contributed by atoms with Crippen molar-refractivity contribution >= 4 is 28.5 Å². The van der Waals surface area contributed by atoms with Crippen molar-refractivity contribution in [2.75, 3.05) is 31.2 Å². The van der Waals surface area contributed by atoms with Crippen LogP contribution in [-0.2, 0) is 4.74 Å². The van der Waals surface area contributed by atoms with E-state index in [0.29, 0.717) is 0 Å². The fraction of sp³-hybridized carbons (Fsp3) is 0.222. The van der Waals surface area contributed by atoms with Gasteiger partial charge in [0, 0.05) is 18.1 Å². The summed E-state index contributed by atoms with van der Waals surface area (Å²) in [5.74, 6) is 0.911. The topological polar surface area (TPSA) is 38.2 Å². The van der Waals surface area contributed by atoms with Crippen LogP contribution in [0.4, 0.5) is 5.82 Å². The van der Waals surface area contributed by atoms with Gasteiger partial charge in [-0.2, -0.15) is 0 Å². The second-order valence-corrected chi connectivity index (χ2v) is 5.97. The van der Waals surface area contributed by atoms with Gasteiger partial charge in [-0.15, -0.1) is 0 Å². The molecule has 1 saturated heterocycles. The van der Waals surface area contributed by atoms with E-state index in [-0.39, 0.29) is 0 Å². The number of aromatic nitrogens is 2. The van der Waals surface area contributed by atoms with Crippen molar-refractivity contribution in [3.8, 4) is 11.1 Å². The first-order valence-electron chi connectivity index (χ1n) is 7.65. The van der Waals surface area contributed by atoms with Gasteiger partial charge >= 0.3 is 0 Å². The van der Waals surface area contributed by atoms with Gasteiger partial charge in [-0.3, -0.25) is 4.98 Å². The van der Waals surface area contributed by atoms with Gasteiger partial charge in [0.25, 0.3) is 0 Å². The van der Waals surface area contributed by atoms with E-state index in [2.05, 4.69) is 22.0 Å². The van der Waals surface area contributed by atoms with Crippen LogP contribution in [0.1, 0.15) is 0 Å². The first kappa shape index (κ1) is 14.4. The molecule has 23 heavy (non-hydrogen) atoms. The molecule has 3 aromatic rings. The average Bonchev–Trinajstić information content (AvgIpc) is 2.62. The first-order chi connectivity index (χ1) is 11.3. The van der Waals surface area contributed by atoms with E-state index in [4.69, 9.17) is 21.3 Å². The quantitative estimate of drug-likeness (QED) is 0.718. The van der Waals surface area contributed by atoms with Crippen molar-refractivity contribution in [1.82, 2.24) is 9.97 Å². The predicted octanol–water partition coefficient (Wildman–Crippen LogP) is 3.79. The highest BCUT2D eigenvalue weighted by atomic mass is 35.5. The number of fused-ring (bicyclic) bond motifs is 1. The molecule has 1 aliphatic rings. The molecule has 0 aliphatic carbocycles. The largest absolute Gasteiger partial charge is 0.378 e. The molecule has 4 nitrogen and oxygen atoms in total. The molecule has 0 N–H and O–H groups in total. The number of halogens is 1. The van der Waals surface area contributed by atoms with Crippen LogP contribution in [0.5, 0.6) is 0 Å². The molecule has 1 fully saturated rings. The van der Waals surface area contributed by atoms with Crippen LogP contribution in [0.3, 0.4) is 0 Å². The Morgan fingerprint density at radius 1 is 0.913 bits per heavy atom. The molecule has 0 atom stereocenters. The maximum Gasteiger partial charge on any atom is 0.148 e. The second kappa shape index (κ2) is 6.14. The van der Waals surface area contributed by atoms with Gasteiger partial charge in [0.05, 0.1) is 30.4 Å². The summed E-state index contributed by atoms with van der Waals surface area (Å²) in [5.41, 5.74) is 4.04. The third-order valence-corrected chi connectivity index (χ3v) is 4.29. The Bertz CT molecular complexity index is 829. The lowest BCUT2D eigenvalue weighted by Gasteiger charge is -2.27. The van der Waals surface area contributed by atoms with E-state index < -0.39 is 0 Å². The third-order valence-electron chi connectivity index (χ3n) is 4.04. The van der Waals surface area contributed by atoms with Crippen molar-refractivity contribution in [2.45, 2.75) is 0 Å². The Morgan fingerprint density at radius 3 is 2.43 bits per heavy atom. The molecule has 2 heterocycles. The highest BCUT2D eigenvalue weighted by molar-refractivity contribution is 6.30. The molecule has 0 unspecified atom stereocenters.